The van der Waals surface area contributed by atoms with Crippen LogP contribution < -0.4 is 10.1 Å². The molecule has 0 atom stereocenters. The van der Waals surface area contributed by atoms with Crippen LogP contribution in [0.1, 0.15) is 24.5 Å². The van der Waals surface area contributed by atoms with Crippen molar-refractivity contribution in [2.24, 2.45) is 0 Å². The predicted molar refractivity (Wildman–Crippen MR) is 82.0 cm³/mol. The average Bonchev–Trinajstić information content (AvgIpc) is 2.48. The third-order valence-electron chi connectivity index (χ3n) is 2.94. The number of aromatic nitrogens is 1. The first-order valence-electron chi connectivity index (χ1n) is 6.90. The molecule has 1 heterocycles. The maximum absolute atomic E-state index is 13.8. The second kappa shape index (κ2) is 7.96. The molecule has 0 amide bonds. The molecule has 0 aliphatic heterocycles. The van der Waals surface area contributed by atoms with Crippen molar-refractivity contribution in [2.45, 2.75) is 26.5 Å². The average molecular weight is 309 g/mol. The van der Waals surface area contributed by atoms with Gasteiger partial charge >= 0.3 is 0 Å². The summed E-state index contributed by atoms with van der Waals surface area (Å²) in [6, 6.07) is 6.72. The van der Waals surface area contributed by atoms with Gasteiger partial charge in [-0.05, 0) is 30.7 Å². The molecule has 5 heteroatoms. The molecule has 0 aliphatic carbocycles. The van der Waals surface area contributed by atoms with Crippen molar-refractivity contribution in [3.8, 4) is 5.75 Å². The van der Waals surface area contributed by atoms with E-state index in [0.29, 0.717) is 16.3 Å². The quantitative estimate of drug-likeness (QED) is 0.786. The summed E-state index contributed by atoms with van der Waals surface area (Å²) in [4.78, 5) is 3.93. The summed E-state index contributed by atoms with van der Waals surface area (Å²) in [5.74, 6) is 0.251. The Labute approximate surface area is 129 Å². The van der Waals surface area contributed by atoms with Gasteiger partial charge in [-0.2, -0.15) is 0 Å². The fraction of sp³-hybridized carbons (Fsp3) is 0.312. The van der Waals surface area contributed by atoms with E-state index in [2.05, 4.69) is 17.2 Å². The van der Waals surface area contributed by atoms with E-state index in [4.69, 9.17) is 16.3 Å². The molecule has 3 nitrogen and oxygen atoms in total. The van der Waals surface area contributed by atoms with E-state index in [-0.39, 0.29) is 12.4 Å². The van der Waals surface area contributed by atoms with Crippen LogP contribution >= 0.6 is 11.6 Å². The summed E-state index contributed by atoms with van der Waals surface area (Å²) in [5.41, 5.74) is 1.55. The van der Waals surface area contributed by atoms with Gasteiger partial charge in [0.1, 0.15) is 18.2 Å². The van der Waals surface area contributed by atoms with Crippen molar-refractivity contribution >= 4 is 11.6 Å². The Hall–Kier alpha value is -1.65. The van der Waals surface area contributed by atoms with E-state index >= 15 is 0 Å². The maximum atomic E-state index is 13.8. The highest BCUT2D eigenvalue weighted by Gasteiger charge is 2.05. The molecule has 0 saturated carbocycles. The minimum Gasteiger partial charge on any atom is -0.487 e. The van der Waals surface area contributed by atoms with Gasteiger partial charge in [0.25, 0.3) is 0 Å². The fourth-order valence-electron chi connectivity index (χ4n) is 1.89. The van der Waals surface area contributed by atoms with Crippen molar-refractivity contribution in [3.05, 3.63) is 58.6 Å². The van der Waals surface area contributed by atoms with Gasteiger partial charge < -0.3 is 10.1 Å². The van der Waals surface area contributed by atoms with Crippen LogP contribution in [0.3, 0.4) is 0 Å². The lowest BCUT2D eigenvalue weighted by molar-refractivity contribution is 0.298. The molecule has 2 aromatic rings. The van der Waals surface area contributed by atoms with Gasteiger partial charge in [0.2, 0.25) is 0 Å². The number of hydrogen-bond donors (Lipinski definition) is 1. The van der Waals surface area contributed by atoms with Gasteiger partial charge in [0.05, 0.1) is 11.2 Å². The number of nitrogens with one attached hydrogen (secondary N) is 1. The molecule has 0 radical (unpaired) electrons. The molecule has 0 saturated heterocycles. The second-order valence-corrected chi connectivity index (χ2v) is 5.17. The largest absolute Gasteiger partial charge is 0.487 e. The lowest BCUT2D eigenvalue weighted by Gasteiger charge is -2.09. The van der Waals surface area contributed by atoms with Gasteiger partial charge in [-0.3, -0.25) is 4.98 Å². The van der Waals surface area contributed by atoms with Crippen molar-refractivity contribution in [1.82, 2.24) is 10.3 Å². The Morgan fingerprint density at radius 1 is 1.29 bits per heavy atom. The van der Waals surface area contributed by atoms with Gasteiger partial charge in [0, 0.05) is 24.4 Å². The Morgan fingerprint density at radius 3 is 2.90 bits per heavy atom. The highest BCUT2D eigenvalue weighted by Crippen LogP contribution is 2.18. The number of hydrogen-bond acceptors (Lipinski definition) is 3. The third-order valence-corrected chi connectivity index (χ3v) is 3.15. The van der Waals surface area contributed by atoms with Crippen LogP contribution in [-0.2, 0) is 13.2 Å². The number of pyridine rings is 1. The van der Waals surface area contributed by atoms with Gasteiger partial charge in [-0.25, -0.2) is 4.39 Å². The first kappa shape index (κ1) is 15.7. The van der Waals surface area contributed by atoms with Crippen LogP contribution in [0.5, 0.6) is 5.75 Å². The van der Waals surface area contributed by atoms with Gasteiger partial charge in [-0.15, -0.1) is 0 Å². The summed E-state index contributed by atoms with van der Waals surface area (Å²) in [7, 11) is 0. The van der Waals surface area contributed by atoms with Gasteiger partial charge in [-0.1, -0.05) is 24.6 Å². The summed E-state index contributed by atoms with van der Waals surface area (Å²) in [6.45, 7) is 3.92. The zero-order valence-corrected chi connectivity index (χ0v) is 12.7. The van der Waals surface area contributed by atoms with Crippen molar-refractivity contribution in [2.75, 3.05) is 6.54 Å². The molecule has 0 bridgehead atoms. The highest BCUT2D eigenvalue weighted by molar-refractivity contribution is 6.30. The molecule has 21 heavy (non-hydrogen) atoms. The molecule has 1 aromatic carbocycles. The van der Waals surface area contributed by atoms with Crippen LogP contribution in [0.2, 0.25) is 5.02 Å². The van der Waals surface area contributed by atoms with Crippen LogP contribution in [-0.4, -0.2) is 11.5 Å². The summed E-state index contributed by atoms with van der Waals surface area (Å²) >= 11 is 5.83. The molecular weight excluding hydrogens is 291 g/mol. The minimum atomic E-state index is -0.274. The van der Waals surface area contributed by atoms with E-state index in [0.717, 1.165) is 25.1 Å². The second-order valence-electron chi connectivity index (χ2n) is 4.73. The fourth-order valence-corrected chi connectivity index (χ4v) is 2.05. The van der Waals surface area contributed by atoms with E-state index in [1.165, 1.54) is 12.3 Å². The van der Waals surface area contributed by atoms with Crippen LogP contribution in [0.4, 0.5) is 4.39 Å². The van der Waals surface area contributed by atoms with Crippen molar-refractivity contribution in [3.63, 3.8) is 0 Å². The first-order valence-corrected chi connectivity index (χ1v) is 7.28. The molecule has 0 aliphatic rings. The number of rotatable bonds is 7. The van der Waals surface area contributed by atoms with Crippen LogP contribution in [0, 0.1) is 5.82 Å². The van der Waals surface area contributed by atoms with Crippen molar-refractivity contribution < 1.29 is 9.13 Å². The minimum absolute atomic E-state index is 0.148. The summed E-state index contributed by atoms with van der Waals surface area (Å²) in [5, 5.41) is 3.78. The Morgan fingerprint density at radius 2 is 2.14 bits per heavy atom. The monoisotopic (exact) mass is 308 g/mol. The molecule has 1 aromatic heterocycles. The molecule has 1 N–H and O–H groups in total. The van der Waals surface area contributed by atoms with E-state index in [1.54, 1.807) is 18.3 Å². The third kappa shape index (κ3) is 4.99. The predicted octanol–water partition coefficient (Wildman–Crippen LogP) is 3.95. The molecular formula is C16H18ClFN2O. The number of benzene rings is 1. The van der Waals surface area contributed by atoms with E-state index < -0.39 is 0 Å². The number of halogens is 2. The summed E-state index contributed by atoms with van der Waals surface area (Å²) < 4.78 is 19.3. The highest BCUT2D eigenvalue weighted by atomic mass is 35.5. The molecule has 2 rings (SSSR count). The number of nitrogens with zero attached hydrogens (tertiary/aromatic N) is 1. The van der Waals surface area contributed by atoms with Gasteiger partial charge in [0.15, 0.2) is 0 Å². The summed E-state index contributed by atoms with van der Waals surface area (Å²) in [6.07, 6.45) is 4.14. The molecule has 0 fully saturated rings. The molecule has 112 valence electrons. The van der Waals surface area contributed by atoms with E-state index in [9.17, 15) is 4.39 Å². The molecule has 0 spiro atoms. The maximum Gasteiger partial charge on any atom is 0.139 e. The SMILES string of the molecule is CCCNCc1ccc(F)c(COc2cncc(Cl)c2)c1. The van der Waals surface area contributed by atoms with Crippen LogP contribution in [0.15, 0.2) is 36.7 Å². The smallest absolute Gasteiger partial charge is 0.139 e. The standard InChI is InChI=1S/C16H18ClFN2O/c1-2-5-19-8-12-3-4-16(18)13(6-12)11-21-15-7-14(17)9-20-10-15/h3-4,6-7,9-10,19H,2,5,8,11H2,1H3. The van der Waals surface area contributed by atoms with E-state index in [1.807, 2.05) is 6.07 Å². The van der Waals surface area contributed by atoms with Crippen LogP contribution in [0.25, 0.3) is 0 Å². The molecule has 0 unspecified atom stereocenters. The zero-order valence-electron chi connectivity index (χ0n) is 11.9. The normalized spacial score (nSPS) is 10.6. The Balaban J connectivity index is 2.00. The first-order chi connectivity index (χ1) is 10.2. The lowest BCUT2D eigenvalue weighted by atomic mass is 10.1. The Kier molecular flexibility index (Phi) is 5.96. The zero-order chi connectivity index (χ0) is 15.1. The lowest BCUT2D eigenvalue weighted by Crippen LogP contribution is -2.14. The topological polar surface area (TPSA) is 34.1 Å². The number of ether oxygens (including phenoxy) is 1. The van der Waals surface area contributed by atoms with Crippen molar-refractivity contribution in [1.29, 1.82) is 0 Å². The Bertz CT molecular complexity index is 592.